The smallest absolute Gasteiger partial charge is 0.322 e. The molecule has 0 aliphatic heterocycles. The monoisotopic (exact) mass is 465 g/mol. The number of halogens is 2. The first-order valence-corrected chi connectivity index (χ1v) is 9.68. The van der Waals surface area contributed by atoms with E-state index in [1.807, 2.05) is 13.8 Å². The normalized spacial score (nSPS) is 10.6. The third-order valence-electron chi connectivity index (χ3n) is 3.61. The molecule has 9 heteroatoms. The summed E-state index contributed by atoms with van der Waals surface area (Å²) in [5, 5.41) is 10.7. The molecular formula is C19H17BrClN3O4. The first-order chi connectivity index (χ1) is 13.5. The lowest BCUT2D eigenvalue weighted by Gasteiger charge is -2.11. The molecule has 3 aromatic rings. The largest absolute Gasteiger partial charge is 0.490 e. The minimum Gasteiger partial charge on any atom is -0.490 e. The van der Waals surface area contributed by atoms with Crippen molar-refractivity contribution in [1.82, 2.24) is 10.2 Å². The molecule has 1 amide bonds. The Kier molecular flexibility index (Phi) is 6.53. The molecule has 0 aliphatic rings. The van der Waals surface area contributed by atoms with Crippen LogP contribution in [0.25, 0.3) is 11.5 Å². The number of aromatic nitrogens is 2. The molecular weight excluding hydrogens is 450 g/mol. The number of rotatable bonds is 7. The highest BCUT2D eigenvalue weighted by Crippen LogP contribution is 2.33. The molecule has 1 N–H and O–H groups in total. The van der Waals surface area contributed by atoms with Gasteiger partial charge < -0.3 is 13.9 Å². The van der Waals surface area contributed by atoms with Crippen LogP contribution in [0.2, 0.25) is 5.02 Å². The second-order valence-electron chi connectivity index (χ2n) is 5.52. The molecule has 0 unspecified atom stereocenters. The van der Waals surface area contributed by atoms with Crippen LogP contribution < -0.4 is 14.8 Å². The lowest BCUT2D eigenvalue weighted by Crippen LogP contribution is -2.12. The lowest BCUT2D eigenvalue weighted by molar-refractivity contribution is 0.102. The average molecular weight is 467 g/mol. The molecule has 3 rings (SSSR count). The fourth-order valence-corrected chi connectivity index (χ4v) is 2.97. The van der Waals surface area contributed by atoms with Crippen molar-refractivity contribution in [3.8, 4) is 23.0 Å². The average Bonchev–Trinajstić information content (AvgIpc) is 3.14. The number of benzene rings is 2. The molecule has 0 spiro atoms. The first kappa shape index (κ1) is 20.2. The van der Waals surface area contributed by atoms with Gasteiger partial charge in [0.1, 0.15) is 0 Å². The van der Waals surface area contributed by atoms with Gasteiger partial charge in [0, 0.05) is 10.0 Å². The summed E-state index contributed by atoms with van der Waals surface area (Å²) in [5.74, 6) is 0.986. The van der Waals surface area contributed by atoms with Crippen LogP contribution in [0.1, 0.15) is 24.2 Å². The summed E-state index contributed by atoms with van der Waals surface area (Å²) < 4.78 is 17.4. The highest BCUT2D eigenvalue weighted by molar-refractivity contribution is 9.10. The molecule has 0 fully saturated rings. The first-order valence-electron chi connectivity index (χ1n) is 8.51. The van der Waals surface area contributed by atoms with E-state index in [-0.39, 0.29) is 17.5 Å². The topological polar surface area (TPSA) is 86.5 Å². The molecule has 146 valence electrons. The molecule has 0 saturated carbocycles. The van der Waals surface area contributed by atoms with E-state index in [9.17, 15) is 4.79 Å². The highest BCUT2D eigenvalue weighted by Gasteiger charge is 2.17. The lowest BCUT2D eigenvalue weighted by atomic mass is 10.2. The Balaban J connectivity index is 1.81. The van der Waals surface area contributed by atoms with Gasteiger partial charge in [-0.05, 0) is 50.2 Å². The number of nitrogens with one attached hydrogen (secondary N) is 1. The van der Waals surface area contributed by atoms with Gasteiger partial charge in [0.15, 0.2) is 11.5 Å². The predicted molar refractivity (Wildman–Crippen MR) is 109 cm³/mol. The van der Waals surface area contributed by atoms with Crippen LogP contribution in [0.4, 0.5) is 6.01 Å². The number of carbonyl (C=O) groups is 1. The molecule has 2 aromatic carbocycles. The third-order valence-corrected chi connectivity index (χ3v) is 4.43. The van der Waals surface area contributed by atoms with Crippen LogP contribution in [-0.2, 0) is 0 Å². The van der Waals surface area contributed by atoms with Crippen molar-refractivity contribution in [1.29, 1.82) is 0 Å². The SMILES string of the molecule is CCOc1ccc(-c2nnc(NC(=O)c3cc(Br)ccc3Cl)o2)cc1OCC. The summed E-state index contributed by atoms with van der Waals surface area (Å²) in [5.41, 5.74) is 0.927. The summed E-state index contributed by atoms with van der Waals surface area (Å²) in [6, 6.07) is 10.2. The standard InChI is InChI=1S/C19H17BrClN3O4/c1-3-26-15-8-5-11(9-16(15)27-4-2)18-23-24-19(28-18)22-17(25)13-10-12(20)6-7-14(13)21/h5-10H,3-4H2,1-2H3,(H,22,24,25). The van der Waals surface area contributed by atoms with Gasteiger partial charge in [-0.15, -0.1) is 5.10 Å². The number of hydrogen-bond acceptors (Lipinski definition) is 6. The van der Waals surface area contributed by atoms with Crippen LogP contribution in [0.3, 0.4) is 0 Å². The second-order valence-corrected chi connectivity index (χ2v) is 6.84. The molecule has 7 nitrogen and oxygen atoms in total. The van der Waals surface area contributed by atoms with E-state index in [4.69, 9.17) is 25.5 Å². The molecule has 1 heterocycles. The van der Waals surface area contributed by atoms with E-state index in [1.165, 1.54) is 0 Å². The Hall–Kier alpha value is -2.58. The molecule has 0 atom stereocenters. The molecule has 0 aliphatic carbocycles. The number of anilines is 1. The van der Waals surface area contributed by atoms with Crippen LogP contribution in [-0.4, -0.2) is 29.3 Å². The van der Waals surface area contributed by atoms with Crippen LogP contribution in [0.15, 0.2) is 45.3 Å². The minimum atomic E-state index is -0.455. The Labute approximate surface area is 175 Å². The van der Waals surface area contributed by atoms with Gasteiger partial charge in [-0.2, -0.15) is 0 Å². The van der Waals surface area contributed by atoms with Gasteiger partial charge in [0.2, 0.25) is 5.89 Å². The van der Waals surface area contributed by atoms with Crippen molar-refractivity contribution < 1.29 is 18.7 Å². The summed E-state index contributed by atoms with van der Waals surface area (Å²) in [6.45, 7) is 4.79. The molecule has 0 radical (unpaired) electrons. The summed E-state index contributed by atoms with van der Waals surface area (Å²) >= 11 is 9.38. The Morgan fingerprint density at radius 1 is 1.11 bits per heavy atom. The zero-order valence-electron chi connectivity index (χ0n) is 15.2. The highest BCUT2D eigenvalue weighted by atomic mass is 79.9. The van der Waals surface area contributed by atoms with Gasteiger partial charge in [-0.1, -0.05) is 32.6 Å². The minimum absolute atomic E-state index is 0.0390. The predicted octanol–water partition coefficient (Wildman–Crippen LogP) is 5.20. The van der Waals surface area contributed by atoms with Crippen molar-refractivity contribution in [3.63, 3.8) is 0 Å². The van der Waals surface area contributed by atoms with Crippen molar-refractivity contribution in [2.75, 3.05) is 18.5 Å². The van der Waals surface area contributed by atoms with Crippen molar-refractivity contribution >= 4 is 39.5 Å². The molecule has 1 aromatic heterocycles. The summed E-state index contributed by atoms with van der Waals surface area (Å²) in [7, 11) is 0. The maximum absolute atomic E-state index is 12.4. The van der Waals surface area contributed by atoms with Crippen molar-refractivity contribution in [2.45, 2.75) is 13.8 Å². The Morgan fingerprint density at radius 2 is 1.86 bits per heavy atom. The zero-order chi connectivity index (χ0) is 20.1. The Bertz CT molecular complexity index is 993. The second kappa shape index (κ2) is 9.07. The van der Waals surface area contributed by atoms with Gasteiger partial charge in [-0.25, -0.2) is 0 Å². The molecule has 0 saturated heterocycles. The molecule has 0 bridgehead atoms. The van der Waals surface area contributed by atoms with Crippen molar-refractivity contribution in [3.05, 3.63) is 51.5 Å². The maximum atomic E-state index is 12.4. The van der Waals surface area contributed by atoms with E-state index in [0.717, 1.165) is 4.47 Å². The number of hydrogen-bond donors (Lipinski definition) is 1. The zero-order valence-corrected chi connectivity index (χ0v) is 17.5. The van der Waals surface area contributed by atoms with Crippen LogP contribution in [0.5, 0.6) is 11.5 Å². The quantitative estimate of drug-likeness (QED) is 0.515. The number of amides is 1. The fourth-order valence-electron chi connectivity index (χ4n) is 2.41. The van der Waals surface area contributed by atoms with E-state index < -0.39 is 5.91 Å². The van der Waals surface area contributed by atoms with Crippen LogP contribution in [0, 0.1) is 0 Å². The van der Waals surface area contributed by atoms with E-state index in [1.54, 1.807) is 36.4 Å². The third kappa shape index (κ3) is 4.63. The summed E-state index contributed by atoms with van der Waals surface area (Å²) in [4.78, 5) is 12.4. The Morgan fingerprint density at radius 3 is 2.61 bits per heavy atom. The van der Waals surface area contributed by atoms with E-state index in [0.29, 0.717) is 35.3 Å². The number of nitrogens with zero attached hydrogens (tertiary/aromatic N) is 2. The van der Waals surface area contributed by atoms with E-state index >= 15 is 0 Å². The van der Waals surface area contributed by atoms with Gasteiger partial charge in [0.25, 0.3) is 5.91 Å². The molecule has 28 heavy (non-hydrogen) atoms. The maximum Gasteiger partial charge on any atom is 0.322 e. The van der Waals surface area contributed by atoms with Gasteiger partial charge in [0.05, 0.1) is 23.8 Å². The summed E-state index contributed by atoms with van der Waals surface area (Å²) in [6.07, 6.45) is 0. The fraction of sp³-hybridized carbons (Fsp3) is 0.211. The number of ether oxygens (including phenoxy) is 2. The van der Waals surface area contributed by atoms with Gasteiger partial charge in [-0.3, -0.25) is 10.1 Å². The van der Waals surface area contributed by atoms with Crippen LogP contribution >= 0.6 is 27.5 Å². The van der Waals surface area contributed by atoms with Gasteiger partial charge >= 0.3 is 6.01 Å². The van der Waals surface area contributed by atoms with Crippen molar-refractivity contribution in [2.24, 2.45) is 0 Å². The number of carbonyl (C=O) groups excluding carboxylic acids is 1. The van der Waals surface area contributed by atoms with E-state index in [2.05, 4.69) is 31.4 Å².